The molecular formula is C9H15N3. The van der Waals surface area contributed by atoms with Crippen molar-refractivity contribution in [3.8, 4) is 0 Å². The van der Waals surface area contributed by atoms with Crippen LogP contribution in [-0.2, 0) is 0 Å². The highest BCUT2D eigenvalue weighted by molar-refractivity contribution is 5.01. The first-order valence-corrected chi connectivity index (χ1v) is 4.68. The minimum Gasteiger partial charge on any atom is -0.315 e. The minimum absolute atomic E-state index is 0.496. The molecule has 0 unspecified atom stereocenters. The van der Waals surface area contributed by atoms with Crippen LogP contribution in [0.3, 0.4) is 0 Å². The molecule has 0 aromatic carbocycles. The van der Waals surface area contributed by atoms with E-state index in [1.165, 1.54) is 25.1 Å². The van der Waals surface area contributed by atoms with Gasteiger partial charge in [0, 0.05) is 12.0 Å². The highest BCUT2D eigenvalue weighted by Crippen LogP contribution is 2.35. The van der Waals surface area contributed by atoms with Gasteiger partial charge in [-0.3, -0.25) is 0 Å². The van der Waals surface area contributed by atoms with E-state index in [9.17, 15) is 0 Å². The van der Waals surface area contributed by atoms with Crippen LogP contribution in [0.25, 0.3) is 0 Å². The van der Waals surface area contributed by atoms with E-state index in [1.807, 2.05) is 6.33 Å². The largest absolute Gasteiger partial charge is 0.315 e. The minimum atomic E-state index is 0.496. The molecule has 0 bridgehead atoms. The van der Waals surface area contributed by atoms with E-state index < -0.39 is 0 Å². The Bertz CT molecular complexity index is 260. The van der Waals surface area contributed by atoms with Gasteiger partial charge in [-0.15, -0.1) is 10.2 Å². The van der Waals surface area contributed by atoms with Gasteiger partial charge < -0.3 is 4.57 Å². The van der Waals surface area contributed by atoms with Crippen molar-refractivity contribution in [2.75, 3.05) is 0 Å². The number of rotatable bonds is 2. The van der Waals surface area contributed by atoms with Gasteiger partial charge in [0.1, 0.15) is 12.2 Å². The van der Waals surface area contributed by atoms with Gasteiger partial charge in [-0.05, 0) is 26.7 Å². The summed E-state index contributed by atoms with van der Waals surface area (Å²) < 4.78 is 2.18. The molecule has 3 nitrogen and oxygen atoms in total. The van der Waals surface area contributed by atoms with Gasteiger partial charge >= 0.3 is 0 Å². The molecule has 1 aliphatic carbocycles. The molecule has 12 heavy (non-hydrogen) atoms. The summed E-state index contributed by atoms with van der Waals surface area (Å²) in [6, 6.07) is 0.496. The van der Waals surface area contributed by atoms with Crippen LogP contribution >= 0.6 is 0 Å². The highest BCUT2D eigenvalue weighted by atomic mass is 15.3. The lowest BCUT2D eigenvalue weighted by atomic mass is 9.85. The van der Waals surface area contributed by atoms with Crippen molar-refractivity contribution in [2.24, 2.45) is 0 Å². The second-order valence-electron chi connectivity index (χ2n) is 3.82. The Hall–Kier alpha value is -0.860. The normalized spacial score (nSPS) is 18.2. The summed E-state index contributed by atoms with van der Waals surface area (Å²) in [5.41, 5.74) is 0. The predicted octanol–water partition coefficient (Wildman–Crippen LogP) is 2.13. The van der Waals surface area contributed by atoms with Gasteiger partial charge in [0.15, 0.2) is 0 Å². The van der Waals surface area contributed by atoms with Gasteiger partial charge in [0.2, 0.25) is 0 Å². The molecule has 3 heteroatoms. The smallest absolute Gasteiger partial charge is 0.136 e. The second-order valence-corrected chi connectivity index (χ2v) is 3.82. The SMILES string of the molecule is CC(C)n1cnnc1C1CCC1. The predicted molar refractivity (Wildman–Crippen MR) is 47.0 cm³/mol. The monoisotopic (exact) mass is 165 g/mol. The van der Waals surface area contributed by atoms with Crippen molar-refractivity contribution in [2.45, 2.75) is 45.1 Å². The van der Waals surface area contributed by atoms with Crippen LogP contribution in [0.4, 0.5) is 0 Å². The number of hydrogen-bond acceptors (Lipinski definition) is 2. The van der Waals surface area contributed by atoms with Crippen LogP contribution in [-0.4, -0.2) is 14.8 Å². The molecule has 0 amide bonds. The molecule has 0 radical (unpaired) electrons. The highest BCUT2D eigenvalue weighted by Gasteiger charge is 2.24. The summed E-state index contributed by atoms with van der Waals surface area (Å²) in [7, 11) is 0. The van der Waals surface area contributed by atoms with E-state index in [0.717, 1.165) is 0 Å². The summed E-state index contributed by atoms with van der Waals surface area (Å²) in [6.45, 7) is 4.34. The first-order chi connectivity index (χ1) is 5.79. The molecular weight excluding hydrogens is 150 g/mol. The fraction of sp³-hybridized carbons (Fsp3) is 0.778. The zero-order valence-electron chi connectivity index (χ0n) is 7.70. The summed E-state index contributed by atoms with van der Waals surface area (Å²) in [4.78, 5) is 0. The Morgan fingerprint density at radius 1 is 1.50 bits per heavy atom. The Labute approximate surface area is 72.8 Å². The maximum Gasteiger partial charge on any atom is 0.136 e. The van der Waals surface area contributed by atoms with E-state index in [4.69, 9.17) is 0 Å². The topological polar surface area (TPSA) is 30.7 Å². The average molecular weight is 165 g/mol. The fourth-order valence-corrected chi connectivity index (χ4v) is 1.61. The summed E-state index contributed by atoms with van der Waals surface area (Å²) >= 11 is 0. The van der Waals surface area contributed by atoms with Crippen molar-refractivity contribution >= 4 is 0 Å². The first kappa shape index (κ1) is 7.77. The van der Waals surface area contributed by atoms with Gasteiger partial charge in [-0.25, -0.2) is 0 Å². The maximum atomic E-state index is 4.17. The van der Waals surface area contributed by atoms with Crippen molar-refractivity contribution in [3.63, 3.8) is 0 Å². The molecule has 2 rings (SSSR count). The average Bonchev–Trinajstić information content (AvgIpc) is 2.31. The van der Waals surface area contributed by atoms with Crippen LogP contribution in [0.5, 0.6) is 0 Å². The van der Waals surface area contributed by atoms with Gasteiger partial charge in [0.25, 0.3) is 0 Å². The molecule has 0 spiro atoms. The third kappa shape index (κ3) is 1.13. The molecule has 0 atom stereocenters. The molecule has 0 aliphatic heterocycles. The second kappa shape index (κ2) is 2.88. The Morgan fingerprint density at radius 2 is 2.25 bits per heavy atom. The Morgan fingerprint density at radius 3 is 2.75 bits per heavy atom. The van der Waals surface area contributed by atoms with Crippen LogP contribution in [0.15, 0.2) is 6.33 Å². The lowest BCUT2D eigenvalue weighted by molar-refractivity contribution is 0.378. The van der Waals surface area contributed by atoms with E-state index in [-0.39, 0.29) is 0 Å². The molecule has 66 valence electrons. The van der Waals surface area contributed by atoms with E-state index in [2.05, 4.69) is 28.6 Å². The quantitative estimate of drug-likeness (QED) is 0.672. The van der Waals surface area contributed by atoms with Crippen LogP contribution in [0, 0.1) is 0 Å². The lowest BCUT2D eigenvalue weighted by Crippen LogP contribution is -2.16. The van der Waals surface area contributed by atoms with Crippen LogP contribution in [0.1, 0.15) is 50.9 Å². The molecule has 1 aliphatic rings. The van der Waals surface area contributed by atoms with Gasteiger partial charge in [-0.1, -0.05) is 6.42 Å². The summed E-state index contributed by atoms with van der Waals surface area (Å²) in [5, 5.41) is 8.13. The molecule has 1 aromatic rings. The van der Waals surface area contributed by atoms with Crippen LogP contribution in [0.2, 0.25) is 0 Å². The third-order valence-electron chi connectivity index (χ3n) is 2.63. The summed E-state index contributed by atoms with van der Waals surface area (Å²) in [6.07, 6.45) is 5.80. The summed E-state index contributed by atoms with van der Waals surface area (Å²) in [5.74, 6) is 1.88. The standard InChI is InChI=1S/C9H15N3/c1-7(2)12-6-10-11-9(12)8-4-3-5-8/h6-8H,3-5H2,1-2H3. The van der Waals surface area contributed by atoms with Crippen molar-refractivity contribution in [1.82, 2.24) is 14.8 Å². The molecule has 1 aromatic heterocycles. The molecule has 1 saturated carbocycles. The molecule has 0 N–H and O–H groups in total. The van der Waals surface area contributed by atoms with Gasteiger partial charge in [0.05, 0.1) is 0 Å². The maximum absolute atomic E-state index is 4.17. The molecule has 1 fully saturated rings. The number of hydrogen-bond donors (Lipinski definition) is 0. The number of aromatic nitrogens is 3. The van der Waals surface area contributed by atoms with Gasteiger partial charge in [-0.2, -0.15) is 0 Å². The van der Waals surface area contributed by atoms with Crippen molar-refractivity contribution in [3.05, 3.63) is 12.2 Å². The third-order valence-corrected chi connectivity index (χ3v) is 2.63. The van der Waals surface area contributed by atoms with Crippen LogP contribution < -0.4 is 0 Å². The van der Waals surface area contributed by atoms with Crippen molar-refractivity contribution in [1.29, 1.82) is 0 Å². The van der Waals surface area contributed by atoms with Crippen molar-refractivity contribution < 1.29 is 0 Å². The molecule has 0 saturated heterocycles. The zero-order chi connectivity index (χ0) is 8.55. The first-order valence-electron chi connectivity index (χ1n) is 4.68. The Kier molecular flexibility index (Phi) is 1.87. The Balaban J connectivity index is 2.23. The molecule has 1 heterocycles. The lowest BCUT2D eigenvalue weighted by Gasteiger charge is -2.25. The fourth-order valence-electron chi connectivity index (χ4n) is 1.61. The zero-order valence-corrected chi connectivity index (χ0v) is 7.70. The van der Waals surface area contributed by atoms with E-state index in [1.54, 1.807) is 0 Å². The van der Waals surface area contributed by atoms with E-state index >= 15 is 0 Å². The van der Waals surface area contributed by atoms with E-state index in [0.29, 0.717) is 12.0 Å². The number of nitrogens with zero attached hydrogens (tertiary/aromatic N) is 3.